The molecule has 6 heteroatoms. The largest absolute Gasteiger partial charge is 0.437 e. The van der Waals surface area contributed by atoms with Crippen molar-refractivity contribution in [1.29, 1.82) is 0 Å². The van der Waals surface area contributed by atoms with Crippen LogP contribution in [0.2, 0.25) is 0 Å². The molecule has 0 N–H and O–H groups in total. The van der Waals surface area contributed by atoms with Gasteiger partial charge in [0, 0.05) is 7.11 Å². The first-order chi connectivity index (χ1) is 9.20. The minimum Gasteiger partial charge on any atom is -0.390 e. The molecule has 1 aliphatic rings. The molecule has 0 aromatic carbocycles. The molecule has 0 amide bonds. The minimum atomic E-state index is -0.452. The molecular weight excluding hydrogens is 248 g/mol. The summed E-state index contributed by atoms with van der Waals surface area (Å²) in [6.45, 7) is 3.36. The summed E-state index contributed by atoms with van der Waals surface area (Å²) in [5.74, 6) is 0.456. The van der Waals surface area contributed by atoms with Crippen LogP contribution in [0.25, 0.3) is 0 Å². The number of rotatable bonds is 6. The summed E-state index contributed by atoms with van der Waals surface area (Å²) < 4.78 is 16.9. The Balaban J connectivity index is 1.80. The van der Waals surface area contributed by atoms with Crippen molar-refractivity contribution >= 4 is 0 Å². The smallest absolute Gasteiger partial charge is 0.390 e. The van der Waals surface area contributed by atoms with Gasteiger partial charge in [0.25, 0.3) is 0 Å². The quantitative estimate of drug-likeness (QED) is 0.785. The molecular formula is C13H22N2O4. The fraction of sp³-hybridized carbons (Fsp3) is 0.846. The van der Waals surface area contributed by atoms with Crippen LogP contribution in [0.15, 0.2) is 9.21 Å². The van der Waals surface area contributed by atoms with E-state index in [9.17, 15) is 4.79 Å². The Labute approximate surface area is 112 Å². The van der Waals surface area contributed by atoms with Gasteiger partial charge < -0.3 is 13.9 Å². The van der Waals surface area contributed by atoms with Crippen LogP contribution in [0.3, 0.4) is 0 Å². The van der Waals surface area contributed by atoms with E-state index < -0.39 is 5.76 Å². The van der Waals surface area contributed by atoms with Crippen LogP contribution in [0.1, 0.15) is 38.5 Å². The normalized spacial score (nSPS) is 23.7. The molecule has 0 spiro atoms. The van der Waals surface area contributed by atoms with Crippen LogP contribution < -0.4 is 5.76 Å². The van der Waals surface area contributed by atoms with Gasteiger partial charge in [-0.2, -0.15) is 4.68 Å². The highest BCUT2D eigenvalue weighted by molar-refractivity contribution is 4.73. The van der Waals surface area contributed by atoms with Crippen LogP contribution in [0.4, 0.5) is 0 Å². The Bertz CT molecular complexity index is 440. The SMILES string of the molecule is COCc1nn(CCO[C@H]2CCCC[C@H]2C)c(=O)o1. The van der Waals surface area contributed by atoms with Gasteiger partial charge in [-0.25, -0.2) is 4.79 Å². The average Bonchev–Trinajstić information content (AvgIpc) is 2.73. The maximum absolute atomic E-state index is 11.5. The van der Waals surface area contributed by atoms with E-state index in [1.54, 1.807) is 0 Å². The molecule has 108 valence electrons. The summed E-state index contributed by atoms with van der Waals surface area (Å²) in [6, 6.07) is 0. The maximum Gasteiger partial charge on any atom is 0.437 e. The first kappa shape index (κ1) is 14.3. The molecule has 2 atom stereocenters. The van der Waals surface area contributed by atoms with Crippen molar-refractivity contribution in [3.63, 3.8) is 0 Å². The molecule has 1 heterocycles. The standard InChI is InChI=1S/C13H22N2O4/c1-10-5-3-4-6-11(10)18-8-7-15-13(16)19-12(14-15)9-17-2/h10-11H,3-9H2,1-2H3/t10-,11+/m1/s1. The Hall–Kier alpha value is -1.14. The van der Waals surface area contributed by atoms with Crippen LogP contribution in [0, 0.1) is 5.92 Å². The van der Waals surface area contributed by atoms with E-state index in [-0.39, 0.29) is 6.61 Å². The van der Waals surface area contributed by atoms with E-state index in [2.05, 4.69) is 12.0 Å². The van der Waals surface area contributed by atoms with Crippen molar-refractivity contribution in [2.75, 3.05) is 13.7 Å². The van der Waals surface area contributed by atoms with Gasteiger partial charge >= 0.3 is 5.76 Å². The van der Waals surface area contributed by atoms with Gasteiger partial charge in [0.1, 0.15) is 6.61 Å². The minimum absolute atomic E-state index is 0.211. The third kappa shape index (κ3) is 3.91. The van der Waals surface area contributed by atoms with Crippen LogP contribution in [-0.4, -0.2) is 29.6 Å². The summed E-state index contributed by atoms with van der Waals surface area (Å²) in [4.78, 5) is 11.5. The molecule has 1 aromatic heterocycles. The highest BCUT2D eigenvalue weighted by Gasteiger charge is 2.21. The highest BCUT2D eigenvalue weighted by Crippen LogP contribution is 2.26. The molecule has 0 bridgehead atoms. The third-order valence-electron chi connectivity index (χ3n) is 3.58. The summed E-state index contributed by atoms with van der Waals surface area (Å²) in [7, 11) is 1.53. The van der Waals surface area contributed by atoms with Gasteiger partial charge in [0.05, 0.1) is 19.3 Å². The second kappa shape index (κ2) is 6.86. The van der Waals surface area contributed by atoms with Gasteiger partial charge in [-0.05, 0) is 18.8 Å². The molecule has 0 saturated heterocycles. The summed E-state index contributed by atoms with van der Waals surface area (Å²) >= 11 is 0. The lowest BCUT2D eigenvalue weighted by atomic mass is 9.88. The van der Waals surface area contributed by atoms with E-state index in [4.69, 9.17) is 13.9 Å². The summed E-state index contributed by atoms with van der Waals surface area (Å²) in [6.07, 6.45) is 5.19. The fourth-order valence-electron chi connectivity index (χ4n) is 2.49. The molecule has 2 rings (SSSR count). The molecule has 0 radical (unpaired) electrons. The van der Waals surface area contributed by atoms with E-state index in [0.29, 0.717) is 31.1 Å². The Kier molecular flexibility index (Phi) is 5.15. The van der Waals surface area contributed by atoms with Crippen LogP contribution >= 0.6 is 0 Å². The Morgan fingerprint density at radius 2 is 2.21 bits per heavy atom. The summed E-state index contributed by atoms with van der Waals surface area (Å²) in [5.41, 5.74) is 0. The number of nitrogens with zero attached hydrogens (tertiary/aromatic N) is 2. The molecule has 1 aromatic rings. The molecule has 1 aliphatic carbocycles. The second-order valence-corrected chi connectivity index (χ2v) is 5.09. The van der Waals surface area contributed by atoms with Gasteiger partial charge in [-0.1, -0.05) is 19.8 Å². The summed E-state index contributed by atoms with van der Waals surface area (Å²) in [5, 5.41) is 4.03. The lowest BCUT2D eigenvalue weighted by Crippen LogP contribution is -2.28. The van der Waals surface area contributed by atoms with Gasteiger partial charge in [-0.15, -0.1) is 5.10 Å². The third-order valence-corrected chi connectivity index (χ3v) is 3.58. The predicted octanol–water partition coefficient (Wildman–Crippen LogP) is 1.58. The number of hydrogen-bond donors (Lipinski definition) is 0. The predicted molar refractivity (Wildman–Crippen MR) is 68.8 cm³/mol. The topological polar surface area (TPSA) is 66.5 Å². The van der Waals surface area contributed by atoms with Gasteiger partial charge in [0.2, 0.25) is 5.89 Å². The van der Waals surface area contributed by atoms with Crippen molar-refractivity contribution < 1.29 is 13.9 Å². The number of methoxy groups -OCH3 is 1. The van der Waals surface area contributed by atoms with Crippen LogP contribution in [-0.2, 0) is 22.6 Å². The Morgan fingerprint density at radius 1 is 1.42 bits per heavy atom. The lowest BCUT2D eigenvalue weighted by molar-refractivity contribution is -0.00980. The number of hydrogen-bond acceptors (Lipinski definition) is 5. The molecule has 1 fully saturated rings. The second-order valence-electron chi connectivity index (χ2n) is 5.09. The van der Waals surface area contributed by atoms with E-state index in [1.807, 2.05) is 0 Å². The average molecular weight is 270 g/mol. The zero-order valence-electron chi connectivity index (χ0n) is 11.6. The van der Waals surface area contributed by atoms with Crippen molar-refractivity contribution in [2.45, 2.75) is 51.9 Å². The molecule has 0 unspecified atom stereocenters. The number of aromatic nitrogens is 2. The van der Waals surface area contributed by atoms with Crippen molar-refractivity contribution in [3.8, 4) is 0 Å². The first-order valence-electron chi connectivity index (χ1n) is 6.88. The highest BCUT2D eigenvalue weighted by atomic mass is 16.5. The van der Waals surface area contributed by atoms with Gasteiger partial charge in [-0.3, -0.25) is 0 Å². The molecule has 19 heavy (non-hydrogen) atoms. The lowest BCUT2D eigenvalue weighted by Gasteiger charge is -2.28. The molecule has 0 aliphatic heterocycles. The zero-order chi connectivity index (χ0) is 13.7. The fourth-order valence-corrected chi connectivity index (χ4v) is 2.49. The Morgan fingerprint density at radius 3 is 2.95 bits per heavy atom. The molecule has 6 nitrogen and oxygen atoms in total. The maximum atomic E-state index is 11.5. The van der Waals surface area contributed by atoms with Gasteiger partial charge in [0.15, 0.2) is 0 Å². The monoisotopic (exact) mass is 270 g/mol. The zero-order valence-corrected chi connectivity index (χ0v) is 11.6. The van der Waals surface area contributed by atoms with Crippen LogP contribution in [0.5, 0.6) is 0 Å². The first-order valence-corrected chi connectivity index (χ1v) is 6.88. The van der Waals surface area contributed by atoms with E-state index in [0.717, 1.165) is 6.42 Å². The number of ether oxygens (including phenoxy) is 2. The molecule has 1 saturated carbocycles. The van der Waals surface area contributed by atoms with Crippen molar-refractivity contribution in [3.05, 3.63) is 16.4 Å². The van der Waals surface area contributed by atoms with E-state index in [1.165, 1.54) is 31.1 Å². The van der Waals surface area contributed by atoms with Crippen molar-refractivity contribution in [1.82, 2.24) is 9.78 Å². The van der Waals surface area contributed by atoms with Crippen molar-refractivity contribution in [2.24, 2.45) is 5.92 Å². The van der Waals surface area contributed by atoms with E-state index >= 15 is 0 Å².